The number of nitrogens with zero attached hydrogens (tertiary/aromatic N) is 3. The molecule has 7 nitrogen and oxygen atoms in total. The molecule has 10 heteroatoms. The third-order valence-electron chi connectivity index (χ3n) is 7.59. The highest BCUT2D eigenvalue weighted by molar-refractivity contribution is 6.02. The molecule has 41 heavy (non-hydrogen) atoms. The smallest absolute Gasteiger partial charge is 0.343 e. The summed E-state index contributed by atoms with van der Waals surface area (Å²) in [5.41, 5.74) is 2.78. The molecule has 0 fully saturated rings. The van der Waals surface area contributed by atoms with E-state index in [2.05, 4.69) is 5.32 Å². The predicted octanol–water partition coefficient (Wildman–Crippen LogP) is 7.67. The van der Waals surface area contributed by atoms with E-state index >= 15 is 0 Å². The highest BCUT2D eigenvalue weighted by Crippen LogP contribution is 2.52. The normalized spacial score (nSPS) is 18.0. The molecule has 0 amide bonds. The lowest BCUT2D eigenvalue weighted by Gasteiger charge is -2.38. The molecule has 2 heterocycles. The first-order chi connectivity index (χ1) is 19.4. The van der Waals surface area contributed by atoms with Gasteiger partial charge in [-0.3, -0.25) is 14.9 Å². The second kappa shape index (κ2) is 9.43. The van der Waals surface area contributed by atoms with Crippen molar-refractivity contribution >= 4 is 17.3 Å². The summed E-state index contributed by atoms with van der Waals surface area (Å²) in [5.74, 6) is -0.269. The third-order valence-corrected chi connectivity index (χ3v) is 7.59. The van der Waals surface area contributed by atoms with Gasteiger partial charge in [0, 0.05) is 46.9 Å². The first-order valence-corrected chi connectivity index (χ1v) is 13.1. The van der Waals surface area contributed by atoms with Gasteiger partial charge in [-0.25, -0.2) is 4.68 Å². The third kappa shape index (κ3) is 4.69. The highest BCUT2D eigenvalue weighted by Gasteiger charge is 2.44. The zero-order valence-electron chi connectivity index (χ0n) is 22.2. The maximum atomic E-state index is 13.7. The summed E-state index contributed by atoms with van der Waals surface area (Å²) in [6.07, 6.45) is -3.68. The lowest BCUT2D eigenvalue weighted by atomic mass is 9.69. The average molecular weight is 559 g/mol. The van der Waals surface area contributed by atoms with Crippen LogP contribution in [0.15, 0.2) is 90.1 Å². The Kier molecular flexibility index (Phi) is 6.09. The minimum atomic E-state index is -4.50. The molecule has 0 radical (unpaired) electrons. The fourth-order valence-corrected chi connectivity index (χ4v) is 5.82. The standard InChI is InChI=1S/C31H25F3N4O3/c1-30(2)16-23-26(24(39)17-30)25(18-11-13-20(14-12-18)31(32,33)34)27-28(19-7-4-3-5-8-19)36-37(29(27)35-23)21-9-6-10-22(15-21)38(40)41/h3-15,25,35H,16-17H2,1-2H3. The van der Waals surface area contributed by atoms with Gasteiger partial charge in [-0.15, -0.1) is 0 Å². The average Bonchev–Trinajstić information content (AvgIpc) is 3.30. The maximum Gasteiger partial charge on any atom is 0.416 e. The number of nitro benzene ring substituents is 1. The van der Waals surface area contributed by atoms with Crippen LogP contribution in [-0.4, -0.2) is 20.5 Å². The molecule has 2 aliphatic rings. The van der Waals surface area contributed by atoms with Gasteiger partial charge in [0.1, 0.15) is 5.82 Å². The molecule has 1 atom stereocenters. The van der Waals surface area contributed by atoms with Gasteiger partial charge < -0.3 is 5.32 Å². The van der Waals surface area contributed by atoms with Crippen molar-refractivity contribution in [3.63, 3.8) is 0 Å². The molecule has 6 rings (SSSR count). The molecule has 1 aromatic heterocycles. The summed E-state index contributed by atoms with van der Waals surface area (Å²) in [7, 11) is 0. The summed E-state index contributed by atoms with van der Waals surface area (Å²) in [5, 5.41) is 19.9. The van der Waals surface area contributed by atoms with Gasteiger partial charge in [0.15, 0.2) is 5.78 Å². The zero-order valence-corrected chi connectivity index (χ0v) is 22.2. The molecule has 208 valence electrons. The Morgan fingerprint density at radius 2 is 1.71 bits per heavy atom. The number of nitro groups is 1. The number of allylic oxidation sites excluding steroid dienone is 2. The number of Topliss-reactive ketones (excluding diaryl/α,β-unsaturated/α-hetero) is 1. The minimum Gasteiger partial charge on any atom is -0.343 e. The van der Waals surface area contributed by atoms with Crippen molar-refractivity contribution < 1.29 is 22.9 Å². The molecular formula is C31H25F3N4O3. The highest BCUT2D eigenvalue weighted by atomic mass is 19.4. The molecule has 0 saturated heterocycles. The van der Waals surface area contributed by atoms with E-state index in [0.717, 1.165) is 17.7 Å². The van der Waals surface area contributed by atoms with Crippen LogP contribution in [0.3, 0.4) is 0 Å². The van der Waals surface area contributed by atoms with Gasteiger partial charge in [-0.05, 0) is 35.6 Å². The number of ketones is 1. The molecule has 3 aromatic carbocycles. The molecular weight excluding hydrogens is 533 g/mol. The van der Waals surface area contributed by atoms with E-state index in [1.807, 2.05) is 44.2 Å². The number of carbonyl (C=O) groups excluding carboxylic acids is 1. The van der Waals surface area contributed by atoms with Crippen LogP contribution in [0.5, 0.6) is 0 Å². The molecule has 0 saturated carbocycles. The number of nitrogens with one attached hydrogen (secondary N) is 1. The van der Waals surface area contributed by atoms with Crippen molar-refractivity contribution in [3.8, 4) is 16.9 Å². The molecule has 1 aliphatic heterocycles. The largest absolute Gasteiger partial charge is 0.416 e. The lowest BCUT2D eigenvalue weighted by molar-refractivity contribution is -0.384. The second-order valence-corrected chi connectivity index (χ2v) is 11.2. The molecule has 4 aromatic rings. The monoisotopic (exact) mass is 558 g/mol. The van der Waals surface area contributed by atoms with E-state index in [1.54, 1.807) is 16.8 Å². The number of rotatable bonds is 4. The quantitative estimate of drug-likeness (QED) is 0.205. The first-order valence-electron chi connectivity index (χ1n) is 13.1. The summed E-state index contributed by atoms with van der Waals surface area (Å²) in [6.45, 7) is 3.98. The van der Waals surface area contributed by atoms with Crippen LogP contribution in [0.2, 0.25) is 0 Å². The topological polar surface area (TPSA) is 90.1 Å². The Bertz CT molecular complexity index is 1720. The molecule has 0 spiro atoms. The number of hydrogen-bond acceptors (Lipinski definition) is 5. The van der Waals surface area contributed by atoms with E-state index in [-0.39, 0.29) is 16.9 Å². The van der Waals surface area contributed by atoms with Crippen LogP contribution in [0.4, 0.5) is 24.7 Å². The van der Waals surface area contributed by atoms with Crippen LogP contribution in [0, 0.1) is 15.5 Å². The molecule has 1 N–H and O–H groups in total. The predicted molar refractivity (Wildman–Crippen MR) is 148 cm³/mol. The summed E-state index contributed by atoms with van der Waals surface area (Å²) in [6, 6.07) is 20.2. The van der Waals surface area contributed by atoms with E-state index in [1.165, 1.54) is 24.3 Å². The number of benzene rings is 3. The summed E-state index contributed by atoms with van der Waals surface area (Å²) in [4.78, 5) is 24.8. The van der Waals surface area contributed by atoms with Crippen LogP contribution in [-0.2, 0) is 11.0 Å². The van der Waals surface area contributed by atoms with Crippen LogP contribution in [0.1, 0.15) is 49.3 Å². The number of hydrogen-bond donors (Lipinski definition) is 1. The minimum absolute atomic E-state index is 0.0820. The van der Waals surface area contributed by atoms with Crippen molar-refractivity contribution in [2.75, 3.05) is 5.32 Å². The van der Waals surface area contributed by atoms with Gasteiger partial charge in [-0.1, -0.05) is 62.4 Å². The summed E-state index contributed by atoms with van der Waals surface area (Å²) >= 11 is 0. The van der Waals surface area contributed by atoms with Gasteiger partial charge in [-0.2, -0.15) is 18.3 Å². The van der Waals surface area contributed by atoms with Crippen LogP contribution in [0.25, 0.3) is 16.9 Å². The number of non-ortho nitro benzene ring substituents is 1. The number of anilines is 1. The molecule has 0 bridgehead atoms. The van der Waals surface area contributed by atoms with Crippen LogP contribution >= 0.6 is 0 Å². The van der Waals surface area contributed by atoms with Gasteiger partial charge in [0.25, 0.3) is 5.69 Å². The number of carbonyl (C=O) groups is 1. The second-order valence-electron chi connectivity index (χ2n) is 11.2. The van der Waals surface area contributed by atoms with Crippen molar-refractivity contribution in [1.29, 1.82) is 0 Å². The SMILES string of the molecule is CC1(C)CC(=O)C2=C(C1)Nc1c(c(-c3ccccc3)nn1-c1cccc([N+](=O)[O-])c1)C2c1ccc(C(F)(F)F)cc1. The Morgan fingerprint density at radius 3 is 2.37 bits per heavy atom. The van der Waals surface area contributed by atoms with E-state index in [9.17, 15) is 28.1 Å². The Hall–Kier alpha value is -4.73. The first kappa shape index (κ1) is 26.5. The van der Waals surface area contributed by atoms with E-state index < -0.39 is 22.6 Å². The van der Waals surface area contributed by atoms with Crippen LogP contribution < -0.4 is 5.32 Å². The van der Waals surface area contributed by atoms with E-state index in [4.69, 9.17) is 5.10 Å². The number of aromatic nitrogens is 2. The fraction of sp³-hybridized carbons (Fsp3) is 0.226. The van der Waals surface area contributed by atoms with Crippen molar-refractivity contribution in [1.82, 2.24) is 9.78 Å². The summed E-state index contributed by atoms with van der Waals surface area (Å²) < 4.78 is 41.9. The van der Waals surface area contributed by atoms with Gasteiger partial charge in [0.05, 0.1) is 21.9 Å². The van der Waals surface area contributed by atoms with Crippen molar-refractivity contribution in [3.05, 3.63) is 117 Å². The number of halogens is 3. The van der Waals surface area contributed by atoms with Crippen molar-refractivity contribution in [2.24, 2.45) is 5.41 Å². The number of fused-ring (bicyclic) bond motifs is 1. The lowest BCUT2D eigenvalue weighted by Crippen LogP contribution is -2.34. The molecule has 1 aliphatic carbocycles. The van der Waals surface area contributed by atoms with Gasteiger partial charge >= 0.3 is 6.18 Å². The maximum absolute atomic E-state index is 13.7. The zero-order chi connectivity index (χ0) is 29.1. The molecule has 1 unspecified atom stereocenters. The Balaban J connectivity index is 1.64. The number of alkyl halides is 3. The van der Waals surface area contributed by atoms with E-state index in [0.29, 0.717) is 52.4 Å². The Labute approximate surface area is 233 Å². The fourth-order valence-electron chi connectivity index (χ4n) is 5.82. The van der Waals surface area contributed by atoms with Gasteiger partial charge in [0.2, 0.25) is 0 Å². The Morgan fingerprint density at radius 1 is 1.00 bits per heavy atom. The van der Waals surface area contributed by atoms with Crippen molar-refractivity contribution in [2.45, 2.75) is 38.8 Å².